The third-order valence-electron chi connectivity index (χ3n) is 5.24. The first-order chi connectivity index (χ1) is 15.2. The molecule has 0 bridgehead atoms. The van der Waals surface area contributed by atoms with Crippen molar-refractivity contribution in [3.8, 4) is 28.0 Å². The van der Waals surface area contributed by atoms with Gasteiger partial charge in [0, 0.05) is 10.9 Å². The molecule has 0 N–H and O–H groups in total. The highest BCUT2D eigenvalue weighted by atomic mass is 19.4. The van der Waals surface area contributed by atoms with Crippen molar-refractivity contribution in [2.75, 3.05) is 0 Å². The number of rotatable bonds is 5. The monoisotopic (exact) mass is 442 g/mol. The lowest BCUT2D eigenvalue weighted by Gasteiger charge is -2.11. The molecule has 164 valence electrons. The van der Waals surface area contributed by atoms with E-state index in [9.17, 15) is 17.6 Å². The van der Waals surface area contributed by atoms with E-state index in [4.69, 9.17) is 0 Å². The van der Waals surface area contributed by atoms with Crippen molar-refractivity contribution >= 4 is 10.8 Å². The molecule has 0 saturated heterocycles. The van der Waals surface area contributed by atoms with E-state index in [0.717, 1.165) is 35.9 Å². The summed E-state index contributed by atoms with van der Waals surface area (Å²) in [5, 5.41) is 1.37. The third kappa shape index (κ3) is 4.59. The summed E-state index contributed by atoms with van der Waals surface area (Å²) in [5.41, 5.74) is 3.20. The van der Waals surface area contributed by atoms with E-state index in [0.29, 0.717) is 27.6 Å². The Labute approximate surface area is 182 Å². The van der Waals surface area contributed by atoms with Gasteiger partial charge in [-0.25, -0.2) is 8.78 Å². The highest BCUT2D eigenvalue weighted by molar-refractivity contribution is 5.89. The molecule has 0 heterocycles. The lowest BCUT2D eigenvalue weighted by Crippen LogP contribution is -2.17. The molecular weight excluding hydrogens is 423 g/mol. The van der Waals surface area contributed by atoms with Crippen molar-refractivity contribution in [3.63, 3.8) is 0 Å². The van der Waals surface area contributed by atoms with E-state index in [1.165, 1.54) is 6.07 Å². The van der Waals surface area contributed by atoms with Crippen molar-refractivity contribution in [2.24, 2.45) is 0 Å². The van der Waals surface area contributed by atoms with Gasteiger partial charge in [0.05, 0.1) is 0 Å². The van der Waals surface area contributed by atoms with Crippen molar-refractivity contribution in [2.45, 2.75) is 26.1 Å². The normalized spacial score (nSPS) is 11.7. The van der Waals surface area contributed by atoms with Crippen molar-refractivity contribution < 1.29 is 26.7 Å². The summed E-state index contributed by atoms with van der Waals surface area (Å²) >= 11 is 0. The number of halogens is 5. The zero-order valence-electron chi connectivity index (χ0n) is 17.1. The molecule has 32 heavy (non-hydrogen) atoms. The quantitative estimate of drug-likeness (QED) is 0.283. The van der Waals surface area contributed by atoms with Gasteiger partial charge >= 0.3 is 6.36 Å². The predicted octanol–water partition coefficient (Wildman–Crippen LogP) is 8.30. The van der Waals surface area contributed by atoms with Gasteiger partial charge in [0.15, 0.2) is 11.6 Å². The van der Waals surface area contributed by atoms with Crippen LogP contribution in [0.3, 0.4) is 0 Å². The Morgan fingerprint density at radius 2 is 1.44 bits per heavy atom. The zero-order chi connectivity index (χ0) is 22.9. The minimum atomic E-state index is -4.97. The van der Waals surface area contributed by atoms with Gasteiger partial charge in [-0.3, -0.25) is 0 Å². The number of fused-ring (bicyclic) bond motifs is 1. The van der Waals surface area contributed by atoms with Gasteiger partial charge in [-0.05, 0) is 46.2 Å². The number of hydrogen-bond acceptors (Lipinski definition) is 1. The van der Waals surface area contributed by atoms with Gasteiger partial charge in [0.25, 0.3) is 0 Å². The topological polar surface area (TPSA) is 9.23 Å². The molecule has 6 heteroatoms. The Morgan fingerprint density at radius 3 is 2.09 bits per heavy atom. The first-order valence-electron chi connectivity index (χ1n) is 10.1. The highest BCUT2D eigenvalue weighted by Gasteiger charge is 2.32. The molecule has 4 aromatic rings. The summed E-state index contributed by atoms with van der Waals surface area (Å²) < 4.78 is 69.8. The standard InChI is InChI=1S/C26H19F5O/c1-2-3-16-4-11-22-20(14-16)9-12-21(25(22)28)18-7-5-17(6-8-18)19-10-13-24(23(27)15-19)32-26(29,30)31/h4-15H,2-3H2,1H3. The largest absolute Gasteiger partial charge is 0.573 e. The molecule has 0 fully saturated rings. The summed E-state index contributed by atoms with van der Waals surface area (Å²) in [5.74, 6) is -2.33. The van der Waals surface area contributed by atoms with Gasteiger partial charge in [-0.15, -0.1) is 13.2 Å². The number of hydrogen-bond donors (Lipinski definition) is 0. The van der Waals surface area contributed by atoms with Gasteiger partial charge < -0.3 is 4.74 Å². The van der Waals surface area contributed by atoms with Crippen LogP contribution in [-0.4, -0.2) is 6.36 Å². The average molecular weight is 442 g/mol. The first kappa shape index (κ1) is 21.8. The zero-order valence-corrected chi connectivity index (χ0v) is 17.1. The fourth-order valence-electron chi connectivity index (χ4n) is 3.74. The molecule has 0 unspecified atom stereocenters. The predicted molar refractivity (Wildman–Crippen MR) is 115 cm³/mol. The van der Waals surface area contributed by atoms with Gasteiger partial charge in [0.1, 0.15) is 5.82 Å². The van der Waals surface area contributed by atoms with Gasteiger partial charge in [-0.2, -0.15) is 0 Å². The van der Waals surface area contributed by atoms with Crippen LogP contribution in [0.15, 0.2) is 72.8 Å². The van der Waals surface area contributed by atoms with Crippen LogP contribution in [0.5, 0.6) is 5.75 Å². The van der Waals surface area contributed by atoms with Crippen molar-refractivity contribution in [1.29, 1.82) is 0 Å². The van der Waals surface area contributed by atoms with Crippen LogP contribution in [0.25, 0.3) is 33.0 Å². The molecule has 0 aliphatic heterocycles. The minimum Gasteiger partial charge on any atom is -0.403 e. The second-order valence-corrected chi connectivity index (χ2v) is 7.50. The molecule has 0 atom stereocenters. The first-order valence-corrected chi connectivity index (χ1v) is 10.1. The molecule has 0 spiro atoms. The van der Waals surface area contributed by atoms with E-state index in [2.05, 4.69) is 11.7 Å². The van der Waals surface area contributed by atoms with Gasteiger partial charge in [0.2, 0.25) is 0 Å². The number of aryl methyl sites for hydroxylation is 1. The molecule has 0 radical (unpaired) electrons. The molecule has 4 aromatic carbocycles. The molecule has 0 amide bonds. The van der Waals surface area contributed by atoms with Gasteiger partial charge in [-0.1, -0.05) is 74.0 Å². The van der Waals surface area contributed by atoms with E-state index >= 15 is 4.39 Å². The highest BCUT2D eigenvalue weighted by Crippen LogP contribution is 2.33. The van der Waals surface area contributed by atoms with Crippen LogP contribution >= 0.6 is 0 Å². The van der Waals surface area contributed by atoms with Crippen molar-refractivity contribution in [3.05, 3.63) is 90.0 Å². The summed E-state index contributed by atoms with van der Waals surface area (Å²) in [6.45, 7) is 2.09. The van der Waals surface area contributed by atoms with Crippen LogP contribution in [-0.2, 0) is 6.42 Å². The maximum Gasteiger partial charge on any atom is 0.573 e. The van der Waals surface area contributed by atoms with E-state index < -0.39 is 17.9 Å². The Kier molecular flexibility index (Phi) is 5.87. The van der Waals surface area contributed by atoms with Crippen LogP contribution in [0.1, 0.15) is 18.9 Å². The second kappa shape index (κ2) is 8.61. The maximum absolute atomic E-state index is 15.2. The van der Waals surface area contributed by atoms with E-state index in [1.807, 2.05) is 18.2 Å². The number of alkyl halides is 3. The molecule has 0 saturated carbocycles. The Balaban J connectivity index is 1.62. The summed E-state index contributed by atoms with van der Waals surface area (Å²) in [4.78, 5) is 0. The fraction of sp³-hybridized carbons (Fsp3) is 0.154. The van der Waals surface area contributed by atoms with Crippen LogP contribution in [0, 0.1) is 11.6 Å². The SMILES string of the molecule is CCCc1ccc2c(F)c(-c3ccc(-c4ccc(OC(F)(F)F)c(F)c4)cc3)ccc2c1. The Morgan fingerprint density at radius 1 is 0.750 bits per heavy atom. The molecule has 0 aliphatic carbocycles. The third-order valence-corrected chi connectivity index (χ3v) is 5.24. The molecule has 0 aliphatic rings. The van der Waals surface area contributed by atoms with Crippen LogP contribution < -0.4 is 4.74 Å². The summed E-state index contributed by atoms with van der Waals surface area (Å²) in [6, 6.07) is 19.3. The Hall–Kier alpha value is -3.41. The molecule has 1 nitrogen and oxygen atoms in total. The van der Waals surface area contributed by atoms with Crippen molar-refractivity contribution in [1.82, 2.24) is 0 Å². The summed E-state index contributed by atoms with van der Waals surface area (Å²) in [6.07, 6.45) is -3.02. The van der Waals surface area contributed by atoms with E-state index in [-0.39, 0.29) is 5.82 Å². The number of ether oxygens (including phenoxy) is 1. The molecule has 0 aromatic heterocycles. The summed E-state index contributed by atoms with van der Waals surface area (Å²) in [7, 11) is 0. The maximum atomic E-state index is 15.2. The second-order valence-electron chi connectivity index (χ2n) is 7.50. The Bertz CT molecular complexity index is 1260. The minimum absolute atomic E-state index is 0.321. The van der Waals surface area contributed by atoms with Crippen LogP contribution in [0.2, 0.25) is 0 Å². The average Bonchev–Trinajstić information content (AvgIpc) is 2.75. The van der Waals surface area contributed by atoms with Crippen LogP contribution in [0.4, 0.5) is 22.0 Å². The fourth-order valence-corrected chi connectivity index (χ4v) is 3.74. The lowest BCUT2D eigenvalue weighted by molar-refractivity contribution is -0.275. The molecule has 4 rings (SSSR count). The van der Waals surface area contributed by atoms with E-state index in [1.54, 1.807) is 36.4 Å². The smallest absolute Gasteiger partial charge is 0.403 e. The molecular formula is C26H19F5O. The number of benzene rings is 4. The lowest BCUT2D eigenvalue weighted by atomic mass is 9.96.